The van der Waals surface area contributed by atoms with Gasteiger partial charge in [0.1, 0.15) is 5.82 Å². The van der Waals surface area contributed by atoms with E-state index in [1.165, 1.54) is 12.4 Å². The second-order valence-corrected chi connectivity index (χ2v) is 4.47. The SMILES string of the molecule is Cc1cc(NC(=O)c2cnn3ccccc23)ncc1N. The number of aromatic nitrogens is 3. The van der Waals surface area contributed by atoms with E-state index in [0.717, 1.165) is 11.1 Å². The summed E-state index contributed by atoms with van der Waals surface area (Å²) in [4.78, 5) is 16.3. The quantitative estimate of drug-likeness (QED) is 0.742. The van der Waals surface area contributed by atoms with Crippen LogP contribution < -0.4 is 11.1 Å². The molecule has 0 aliphatic carbocycles. The van der Waals surface area contributed by atoms with E-state index in [4.69, 9.17) is 5.73 Å². The number of amides is 1. The summed E-state index contributed by atoms with van der Waals surface area (Å²) >= 11 is 0. The lowest BCUT2D eigenvalue weighted by atomic mass is 10.2. The van der Waals surface area contributed by atoms with Gasteiger partial charge in [-0.2, -0.15) is 5.10 Å². The van der Waals surface area contributed by atoms with Crippen LogP contribution in [0, 0.1) is 6.92 Å². The minimum absolute atomic E-state index is 0.247. The van der Waals surface area contributed by atoms with Crippen LogP contribution in [0.3, 0.4) is 0 Å². The summed E-state index contributed by atoms with van der Waals surface area (Å²) < 4.78 is 1.65. The Labute approximate surface area is 115 Å². The zero-order valence-electron chi connectivity index (χ0n) is 10.9. The molecule has 100 valence electrons. The molecule has 0 atom stereocenters. The van der Waals surface area contributed by atoms with Gasteiger partial charge in [0.25, 0.3) is 5.91 Å². The maximum Gasteiger partial charge on any atom is 0.260 e. The summed E-state index contributed by atoms with van der Waals surface area (Å²) in [5.41, 5.74) is 8.42. The first-order valence-corrected chi connectivity index (χ1v) is 6.11. The highest BCUT2D eigenvalue weighted by Gasteiger charge is 2.13. The van der Waals surface area contributed by atoms with Gasteiger partial charge in [0, 0.05) is 6.20 Å². The molecule has 20 heavy (non-hydrogen) atoms. The lowest BCUT2D eigenvalue weighted by Gasteiger charge is -2.05. The fourth-order valence-corrected chi connectivity index (χ4v) is 1.93. The standard InChI is InChI=1S/C14H13N5O/c1-9-6-13(16-8-11(9)15)18-14(20)10-7-17-19-5-3-2-4-12(10)19/h2-8H,15H2,1H3,(H,16,18,20). The van der Waals surface area contributed by atoms with Crippen LogP contribution in [0.15, 0.2) is 42.9 Å². The Kier molecular flexibility index (Phi) is 2.83. The third-order valence-electron chi connectivity index (χ3n) is 3.06. The molecular formula is C14H13N5O. The molecule has 0 aliphatic heterocycles. The number of hydrogen-bond acceptors (Lipinski definition) is 4. The summed E-state index contributed by atoms with van der Waals surface area (Å²) in [6.45, 7) is 1.86. The molecule has 0 saturated heterocycles. The van der Waals surface area contributed by atoms with Crippen LogP contribution in [0.4, 0.5) is 11.5 Å². The Morgan fingerprint density at radius 3 is 3.00 bits per heavy atom. The van der Waals surface area contributed by atoms with Gasteiger partial charge < -0.3 is 11.1 Å². The second kappa shape index (κ2) is 4.65. The lowest BCUT2D eigenvalue weighted by Crippen LogP contribution is -2.13. The average Bonchev–Trinajstić information content (AvgIpc) is 2.87. The molecule has 3 aromatic heterocycles. The highest BCUT2D eigenvalue weighted by Crippen LogP contribution is 2.15. The number of pyridine rings is 2. The molecule has 0 saturated carbocycles. The predicted octanol–water partition coefficient (Wildman–Crippen LogP) is 1.87. The van der Waals surface area contributed by atoms with Crippen LogP contribution in [-0.4, -0.2) is 20.5 Å². The van der Waals surface area contributed by atoms with Gasteiger partial charge in [-0.25, -0.2) is 9.50 Å². The molecule has 0 aromatic carbocycles. The highest BCUT2D eigenvalue weighted by molar-refractivity contribution is 6.08. The summed E-state index contributed by atoms with van der Waals surface area (Å²) in [6.07, 6.45) is 4.85. The van der Waals surface area contributed by atoms with Crippen molar-refractivity contribution in [1.29, 1.82) is 0 Å². The van der Waals surface area contributed by atoms with Crippen molar-refractivity contribution in [3.63, 3.8) is 0 Å². The van der Waals surface area contributed by atoms with Gasteiger partial charge in [-0.15, -0.1) is 0 Å². The van der Waals surface area contributed by atoms with Gasteiger partial charge in [0.2, 0.25) is 0 Å². The largest absolute Gasteiger partial charge is 0.397 e. The van der Waals surface area contributed by atoms with Gasteiger partial charge in [-0.1, -0.05) is 6.07 Å². The van der Waals surface area contributed by atoms with Crippen LogP contribution in [0.1, 0.15) is 15.9 Å². The van der Waals surface area contributed by atoms with Crippen molar-refractivity contribution in [2.75, 3.05) is 11.1 Å². The number of carbonyl (C=O) groups is 1. The third-order valence-corrected chi connectivity index (χ3v) is 3.06. The first kappa shape index (κ1) is 12.2. The van der Waals surface area contributed by atoms with Gasteiger partial charge in [0.05, 0.1) is 29.2 Å². The Bertz CT molecular complexity index is 793. The summed E-state index contributed by atoms with van der Waals surface area (Å²) in [7, 11) is 0. The van der Waals surface area contributed by atoms with Crippen molar-refractivity contribution >= 4 is 22.9 Å². The predicted molar refractivity (Wildman–Crippen MR) is 76.5 cm³/mol. The van der Waals surface area contributed by atoms with E-state index in [1.807, 2.05) is 25.1 Å². The molecule has 0 unspecified atom stereocenters. The van der Waals surface area contributed by atoms with E-state index >= 15 is 0 Å². The fraction of sp³-hybridized carbons (Fsp3) is 0.0714. The van der Waals surface area contributed by atoms with E-state index in [9.17, 15) is 4.79 Å². The van der Waals surface area contributed by atoms with Gasteiger partial charge in [0.15, 0.2) is 0 Å². The minimum atomic E-state index is -0.247. The maximum atomic E-state index is 12.2. The molecule has 6 heteroatoms. The second-order valence-electron chi connectivity index (χ2n) is 4.47. The molecule has 0 radical (unpaired) electrons. The Morgan fingerprint density at radius 2 is 2.20 bits per heavy atom. The highest BCUT2D eigenvalue weighted by atomic mass is 16.1. The van der Waals surface area contributed by atoms with Gasteiger partial charge in [-0.3, -0.25) is 4.79 Å². The molecule has 3 rings (SSSR count). The monoisotopic (exact) mass is 267 g/mol. The zero-order valence-corrected chi connectivity index (χ0v) is 10.9. The normalized spacial score (nSPS) is 10.7. The topological polar surface area (TPSA) is 85.3 Å². The van der Waals surface area contributed by atoms with E-state index in [0.29, 0.717) is 17.1 Å². The molecule has 3 heterocycles. The van der Waals surface area contributed by atoms with E-state index in [1.54, 1.807) is 16.8 Å². The molecule has 0 fully saturated rings. The number of carbonyl (C=O) groups excluding carboxylic acids is 1. The molecule has 3 N–H and O–H groups in total. The molecule has 3 aromatic rings. The summed E-state index contributed by atoms with van der Waals surface area (Å²) in [5.74, 6) is 0.222. The summed E-state index contributed by atoms with van der Waals surface area (Å²) in [6, 6.07) is 7.29. The molecule has 1 amide bonds. The first-order valence-electron chi connectivity index (χ1n) is 6.11. The van der Waals surface area contributed by atoms with Gasteiger partial charge in [-0.05, 0) is 30.7 Å². The van der Waals surface area contributed by atoms with Crippen LogP contribution in [0.25, 0.3) is 5.52 Å². The van der Waals surface area contributed by atoms with Gasteiger partial charge >= 0.3 is 0 Å². The number of nitrogens with zero attached hydrogens (tertiary/aromatic N) is 3. The molecule has 0 spiro atoms. The van der Waals surface area contributed by atoms with Crippen molar-refractivity contribution in [1.82, 2.24) is 14.6 Å². The number of nitrogens with two attached hydrogens (primary N) is 1. The van der Waals surface area contributed by atoms with Crippen LogP contribution in [-0.2, 0) is 0 Å². The van der Waals surface area contributed by atoms with Crippen molar-refractivity contribution in [3.8, 4) is 0 Å². The maximum absolute atomic E-state index is 12.2. The smallest absolute Gasteiger partial charge is 0.260 e. The number of hydrogen-bond donors (Lipinski definition) is 2. The molecule has 6 nitrogen and oxygen atoms in total. The average molecular weight is 267 g/mol. The fourth-order valence-electron chi connectivity index (χ4n) is 1.93. The Balaban J connectivity index is 1.91. The summed E-state index contributed by atoms with van der Waals surface area (Å²) in [5, 5.41) is 6.87. The van der Waals surface area contributed by atoms with E-state index in [-0.39, 0.29) is 5.91 Å². The van der Waals surface area contributed by atoms with Crippen molar-refractivity contribution < 1.29 is 4.79 Å². The lowest BCUT2D eigenvalue weighted by molar-refractivity contribution is 0.102. The zero-order chi connectivity index (χ0) is 14.1. The molecular weight excluding hydrogens is 254 g/mol. The third kappa shape index (κ3) is 2.07. The van der Waals surface area contributed by atoms with E-state index < -0.39 is 0 Å². The van der Waals surface area contributed by atoms with Crippen LogP contribution in [0.2, 0.25) is 0 Å². The van der Waals surface area contributed by atoms with Crippen LogP contribution >= 0.6 is 0 Å². The number of aryl methyl sites for hydroxylation is 1. The van der Waals surface area contributed by atoms with Crippen molar-refractivity contribution in [3.05, 3.63) is 54.0 Å². The number of fused-ring (bicyclic) bond motifs is 1. The number of nitrogen functional groups attached to an aromatic ring is 1. The minimum Gasteiger partial charge on any atom is -0.397 e. The number of anilines is 2. The Morgan fingerprint density at radius 1 is 1.35 bits per heavy atom. The number of nitrogens with one attached hydrogen (secondary N) is 1. The first-order chi connectivity index (χ1) is 9.65. The number of rotatable bonds is 2. The van der Waals surface area contributed by atoms with E-state index in [2.05, 4.69) is 15.4 Å². The molecule has 0 bridgehead atoms. The molecule has 0 aliphatic rings. The van der Waals surface area contributed by atoms with Crippen LogP contribution in [0.5, 0.6) is 0 Å². The Hall–Kier alpha value is -2.89. The van der Waals surface area contributed by atoms with Crippen molar-refractivity contribution in [2.45, 2.75) is 6.92 Å². The van der Waals surface area contributed by atoms with Crippen molar-refractivity contribution in [2.24, 2.45) is 0 Å².